The second-order valence-electron chi connectivity index (χ2n) is 5.13. The summed E-state index contributed by atoms with van der Waals surface area (Å²) in [7, 11) is 0. The van der Waals surface area contributed by atoms with Crippen molar-refractivity contribution in [1.82, 2.24) is 5.32 Å². The van der Waals surface area contributed by atoms with E-state index < -0.39 is 11.7 Å². The average molecular weight is 293 g/mol. The molecule has 0 radical (unpaired) electrons. The number of benzene rings is 2. The summed E-state index contributed by atoms with van der Waals surface area (Å²) in [6.45, 7) is 1.49. The maximum atomic E-state index is 12.6. The lowest BCUT2D eigenvalue weighted by Gasteiger charge is -2.21. The monoisotopic (exact) mass is 293 g/mol. The molecule has 2 N–H and O–H groups in total. The third-order valence-electron chi connectivity index (χ3n) is 3.72. The number of aromatic hydroxyl groups is 1. The van der Waals surface area contributed by atoms with Gasteiger partial charge in [0.15, 0.2) is 0 Å². The van der Waals surface area contributed by atoms with Crippen molar-refractivity contribution in [3.05, 3.63) is 53.1 Å². The van der Waals surface area contributed by atoms with Crippen LogP contribution in [-0.2, 0) is 19.1 Å². The molecule has 2 nitrogen and oxygen atoms in total. The number of rotatable bonds is 1. The zero-order valence-corrected chi connectivity index (χ0v) is 11.2. The van der Waals surface area contributed by atoms with E-state index in [1.54, 1.807) is 12.1 Å². The van der Waals surface area contributed by atoms with E-state index in [1.807, 2.05) is 0 Å². The maximum Gasteiger partial charge on any atom is 0.416 e. The number of phenolic OH excluding ortho intramolecular Hbond substituents is 1. The van der Waals surface area contributed by atoms with Crippen molar-refractivity contribution in [2.75, 3.05) is 6.54 Å². The van der Waals surface area contributed by atoms with Crippen LogP contribution in [0, 0.1) is 0 Å². The maximum absolute atomic E-state index is 12.6. The topological polar surface area (TPSA) is 32.3 Å². The van der Waals surface area contributed by atoms with Gasteiger partial charge in [0.2, 0.25) is 0 Å². The van der Waals surface area contributed by atoms with Crippen molar-refractivity contribution in [2.24, 2.45) is 0 Å². The van der Waals surface area contributed by atoms with E-state index in [-0.39, 0.29) is 5.75 Å². The van der Waals surface area contributed by atoms with Gasteiger partial charge in [-0.05, 0) is 59.5 Å². The molecule has 0 amide bonds. The first-order chi connectivity index (χ1) is 9.95. The Bertz CT molecular complexity index is 662. The second-order valence-corrected chi connectivity index (χ2v) is 5.13. The molecule has 0 atom stereocenters. The molecule has 0 aliphatic carbocycles. The summed E-state index contributed by atoms with van der Waals surface area (Å²) in [5, 5.41) is 13.0. The largest absolute Gasteiger partial charge is 0.508 e. The Labute approximate surface area is 120 Å². The van der Waals surface area contributed by atoms with Gasteiger partial charge in [0.25, 0.3) is 0 Å². The first-order valence-electron chi connectivity index (χ1n) is 6.68. The predicted molar refractivity (Wildman–Crippen MR) is 74.0 cm³/mol. The van der Waals surface area contributed by atoms with Crippen LogP contribution in [0.2, 0.25) is 0 Å². The van der Waals surface area contributed by atoms with Crippen LogP contribution in [0.15, 0.2) is 36.4 Å². The van der Waals surface area contributed by atoms with E-state index in [4.69, 9.17) is 0 Å². The Morgan fingerprint density at radius 2 is 1.76 bits per heavy atom. The molecule has 2 aromatic rings. The molecule has 0 aromatic heterocycles. The van der Waals surface area contributed by atoms with Crippen molar-refractivity contribution in [2.45, 2.75) is 19.1 Å². The molecule has 0 unspecified atom stereocenters. The van der Waals surface area contributed by atoms with Crippen LogP contribution in [-0.4, -0.2) is 11.7 Å². The van der Waals surface area contributed by atoms with Gasteiger partial charge >= 0.3 is 6.18 Å². The van der Waals surface area contributed by atoms with Crippen LogP contribution in [0.1, 0.15) is 16.7 Å². The van der Waals surface area contributed by atoms with Crippen LogP contribution in [0.4, 0.5) is 13.2 Å². The van der Waals surface area contributed by atoms with Crippen molar-refractivity contribution >= 4 is 0 Å². The van der Waals surface area contributed by atoms with Crippen LogP contribution in [0.3, 0.4) is 0 Å². The highest BCUT2D eigenvalue weighted by molar-refractivity contribution is 5.71. The minimum atomic E-state index is -4.33. The van der Waals surface area contributed by atoms with Gasteiger partial charge in [0.1, 0.15) is 5.75 Å². The molecule has 0 saturated carbocycles. The normalized spacial score (nSPS) is 14.8. The number of hydrogen-bond donors (Lipinski definition) is 2. The Morgan fingerprint density at radius 1 is 1.05 bits per heavy atom. The lowest BCUT2D eigenvalue weighted by molar-refractivity contribution is -0.137. The molecule has 1 heterocycles. The molecule has 0 fully saturated rings. The molecule has 0 bridgehead atoms. The van der Waals surface area contributed by atoms with E-state index >= 15 is 0 Å². The lowest BCUT2D eigenvalue weighted by Crippen LogP contribution is -2.24. The molecular formula is C16H14F3NO. The zero-order valence-electron chi connectivity index (χ0n) is 11.2. The quantitative estimate of drug-likeness (QED) is 0.840. The molecule has 1 aliphatic heterocycles. The number of nitrogens with one attached hydrogen (secondary N) is 1. The highest BCUT2D eigenvalue weighted by atomic mass is 19.4. The Balaban J connectivity index is 2.06. The van der Waals surface area contributed by atoms with E-state index in [2.05, 4.69) is 5.32 Å². The molecule has 0 saturated heterocycles. The fourth-order valence-corrected chi connectivity index (χ4v) is 2.70. The summed E-state index contributed by atoms with van der Waals surface area (Å²) in [4.78, 5) is 0. The van der Waals surface area contributed by atoms with Gasteiger partial charge < -0.3 is 10.4 Å². The van der Waals surface area contributed by atoms with Crippen molar-refractivity contribution in [3.8, 4) is 16.9 Å². The molecule has 2 aromatic carbocycles. The van der Waals surface area contributed by atoms with Crippen molar-refractivity contribution in [1.29, 1.82) is 0 Å². The summed E-state index contributed by atoms with van der Waals surface area (Å²) in [6, 6.07) is 8.39. The summed E-state index contributed by atoms with van der Waals surface area (Å²) >= 11 is 0. The van der Waals surface area contributed by atoms with Crippen molar-refractivity contribution in [3.63, 3.8) is 0 Å². The fraction of sp³-hybridized carbons (Fsp3) is 0.250. The highest BCUT2D eigenvalue weighted by Gasteiger charge is 2.30. The predicted octanol–water partition coefficient (Wildman–Crippen LogP) is 3.72. The molecule has 3 rings (SSSR count). The first kappa shape index (κ1) is 13.9. The van der Waals surface area contributed by atoms with E-state index in [1.165, 1.54) is 12.1 Å². The number of phenols is 1. The van der Waals surface area contributed by atoms with Crippen LogP contribution in [0.5, 0.6) is 5.75 Å². The van der Waals surface area contributed by atoms with Crippen LogP contribution < -0.4 is 5.32 Å². The number of alkyl halides is 3. The van der Waals surface area contributed by atoms with E-state index in [0.29, 0.717) is 12.1 Å². The molecule has 21 heavy (non-hydrogen) atoms. The third kappa shape index (κ3) is 2.74. The highest BCUT2D eigenvalue weighted by Crippen LogP contribution is 2.35. The van der Waals surface area contributed by atoms with Crippen molar-refractivity contribution < 1.29 is 18.3 Å². The van der Waals surface area contributed by atoms with Gasteiger partial charge in [-0.15, -0.1) is 0 Å². The summed E-state index contributed by atoms with van der Waals surface area (Å²) in [5.41, 5.74) is 2.92. The van der Waals surface area contributed by atoms with E-state index in [9.17, 15) is 18.3 Å². The Kier molecular flexibility index (Phi) is 3.37. The Morgan fingerprint density at radius 3 is 2.43 bits per heavy atom. The van der Waals surface area contributed by atoms with Gasteiger partial charge in [-0.25, -0.2) is 0 Å². The average Bonchev–Trinajstić information content (AvgIpc) is 2.45. The fourth-order valence-electron chi connectivity index (χ4n) is 2.70. The molecule has 0 spiro atoms. The summed E-state index contributed by atoms with van der Waals surface area (Å²) in [5.74, 6) is 0.132. The second kappa shape index (κ2) is 5.07. The van der Waals surface area contributed by atoms with Gasteiger partial charge in [-0.1, -0.05) is 12.1 Å². The minimum absolute atomic E-state index is 0.132. The number of hydrogen-bond acceptors (Lipinski definition) is 2. The van der Waals surface area contributed by atoms with Gasteiger partial charge in [-0.3, -0.25) is 0 Å². The minimum Gasteiger partial charge on any atom is -0.508 e. The number of fused-ring (bicyclic) bond motifs is 1. The van der Waals surface area contributed by atoms with Crippen LogP contribution in [0.25, 0.3) is 11.1 Å². The van der Waals surface area contributed by atoms with Gasteiger partial charge in [-0.2, -0.15) is 13.2 Å². The Hall–Kier alpha value is -2.01. The molecular weight excluding hydrogens is 279 g/mol. The lowest BCUT2D eigenvalue weighted by atomic mass is 9.90. The summed E-state index contributed by atoms with van der Waals surface area (Å²) < 4.78 is 37.8. The van der Waals surface area contributed by atoms with Crippen LogP contribution >= 0.6 is 0 Å². The first-order valence-corrected chi connectivity index (χ1v) is 6.68. The van der Waals surface area contributed by atoms with Gasteiger partial charge in [0, 0.05) is 6.54 Å². The third-order valence-corrected chi connectivity index (χ3v) is 3.72. The summed E-state index contributed by atoms with van der Waals surface area (Å²) in [6.07, 6.45) is -3.54. The SMILES string of the molecule is Oc1cc2c(c(-c3ccc(C(F)(F)F)cc3)c1)CCNC2. The zero-order chi connectivity index (χ0) is 15.0. The standard InChI is InChI=1S/C16H14F3NO/c17-16(18,19)12-3-1-10(2-4-12)15-8-13(21)7-11-9-20-6-5-14(11)15/h1-4,7-8,20-21H,5-6,9H2. The number of halogens is 3. The molecule has 1 aliphatic rings. The van der Waals surface area contributed by atoms with Gasteiger partial charge in [0.05, 0.1) is 5.56 Å². The molecule has 110 valence electrons. The smallest absolute Gasteiger partial charge is 0.416 e. The van der Waals surface area contributed by atoms with E-state index in [0.717, 1.165) is 41.8 Å². The molecule has 5 heteroatoms.